The van der Waals surface area contributed by atoms with Crippen LogP contribution in [0.1, 0.15) is 49.0 Å². The molecule has 2 aromatic heterocycles. The number of hydrogen-bond donors (Lipinski definition) is 1. The first-order chi connectivity index (χ1) is 19.0. The molecule has 2 fully saturated rings. The van der Waals surface area contributed by atoms with Gasteiger partial charge in [0.05, 0.1) is 37.6 Å². The van der Waals surface area contributed by atoms with Crippen molar-refractivity contribution in [2.75, 3.05) is 24.5 Å². The zero-order valence-electron chi connectivity index (χ0n) is 22.0. The number of hydrogen-bond acceptors (Lipinski definition) is 6. The van der Waals surface area contributed by atoms with E-state index in [1.807, 2.05) is 13.8 Å². The fourth-order valence-corrected chi connectivity index (χ4v) is 5.07. The highest BCUT2D eigenvalue weighted by Crippen LogP contribution is 2.31. The minimum atomic E-state index is -2.83. The van der Waals surface area contributed by atoms with Crippen molar-refractivity contribution in [3.63, 3.8) is 0 Å². The Bertz CT molecular complexity index is 1380. The fourth-order valence-electron chi connectivity index (χ4n) is 5.07. The summed E-state index contributed by atoms with van der Waals surface area (Å²) in [6.07, 6.45) is -0.397. The molecule has 0 saturated carbocycles. The van der Waals surface area contributed by atoms with Crippen LogP contribution >= 0.6 is 0 Å². The van der Waals surface area contributed by atoms with E-state index in [9.17, 15) is 27.2 Å². The van der Waals surface area contributed by atoms with Gasteiger partial charge in [0.1, 0.15) is 24.6 Å². The highest BCUT2D eigenvalue weighted by molar-refractivity contribution is 5.89. The molecule has 0 unspecified atom stereocenters. The summed E-state index contributed by atoms with van der Waals surface area (Å²) in [6.45, 7) is 1.92. The van der Waals surface area contributed by atoms with Crippen LogP contribution in [0.25, 0.3) is 0 Å². The number of rotatable bonds is 8. The normalized spacial score (nSPS) is 20.9. The van der Waals surface area contributed by atoms with Crippen LogP contribution in [0, 0.1) is 5.95 Å². The molecule has 0 radical (unpaired) electrons. The van der Waals surface area contributed by atoms with Crippen molar-refractivity contribution in [3.05, 3.63) is 71.4 Å². The monoisotopic (exact) mass is 559 g/mol. The molecule has 0 spiro atoms. The Morgan fingerprint density at radius 2 is 1.85 bits per heavy atom. The number of likely N-dealkylation sites (tertiary alicyclic amines) is 1. The van der Waals surface area contributed by atoms with Crippen LogP contribution in [0.15, 0.2) is 48.7 Å². The Hall–Kier alpha value is -4.03. The van der Waals surface area contributed by atoms with Gasteiger partial charge in [-0.05, 0) is 17.5 Å². The van der Waals surface area contributed by atoms with Gasteiger partial charge in [-0.25, -0.2) is 22.8 Å². The van der Waals surface area contributed by atoms with Gasteiger partial charge in [0.25, 0.3) is 5.92 Å². The number of pyridine rings is 1. The van der Waals surface area contributed by atoms with Crippen molar-refractivity contribution in [1.82, 2.24) is 30.2 Å². The van der Waals surface area contributed by atoms with Crippen molar-refractivity contribution in [2.45, 2.75) is 56.9 Å². The highest BCUT2D eigenvalue weighted by atomic mass is 19.3. The van der Waals surface area contributed by atoms with Crippen LogP contribution in [0.3, 0.4) is 0 Å². The topological polar surface area (TPSA) is 96.2 Å². The standard InChI is InChI=1S/C27H29F4N7O2/c1-16(2)19-8-9-20(33-25(19)29)24(17-6-4-3-5-7-17)34-26(40)21-10-18(28)12-37(21)23(39)13-38-22(11-32-35-38)36-14-27(30,31)15-36/h3-9,11,16,18,21,24H,10,12-15H2,1-2H3,(H,34,40)/t18-,21+,24+/m1/s1. The van der Waals surface area contributed by atoms with Crippen molar-refractivity contribution in [1.29, 1.82) is 0 Å². The van der Waals surface area contributed by atoms with Gasteiger partial charge in [0.2, 0.25) is 17.8 Å². The molecule has 3 aromatic rings. The molecule has 0 bridgehead atoms. The first-order valence-electron chi connectivity index (χ1n) is 13.0. The summed E-state index contributed by atoms with van der Waals surface area (Å²) in [4.78, 5) is 33.3. The third-order valence-electron chi connectivity index (χ3n) is 7.16. The molecule has 1 N–H and O–H groups in total. The predicted octanol–water partition coefficient (Wildman–Crippen LogP) is 3.24. The second kappa shape index (κ2) is 10.9. The summed E-state index contributed by atoms with van der Waals surface area (Å²) in [5.41, 5.74) is 1.32. The Morgan fingerprint density at radius 3 is 2.50 bits per heavy atom. The van der Waals surface area contributed by atoms with Crippen LogP contribution < -0.4 is 10.2 Å². The molecule has 3 atom stereocenters. The molecule has 1 aromatic carbocycles. The van der Waals surface area contributed by atoms with Gasteiger partial charge in [-0.2, -0.15) is 4.39 Å². The van der Waals surface area contributed by atoms with E-state index in [0.29, 0.717) is 11.1 Å². The van der Waals surface area contributed by atoms with Gasteiger partial charge >= 0.3 is 0 Å². The first-order valence-corrected chi connectivity index (χ1v) is 13.0. The van der Waals surface area contributed by atoms with Crippen LogP contribution in [-0.2, 0) is 16.1 Å². The fraction of sp³-hybridized carbons (Fsp3) is 0.444. The van der Waals surface area contributed by atoms with Crippen molar-refractivity contribution < 1.29 is 27.2 Å². The maximum atomic E-state index is 14.8. The Morgan fingerprint density at radius 1 is 1.12 bits per heavy atom. The Kier molecular flexibility index (Phi) is 7.47. The lowest BCUT2D eigenvalue weighted by Crippen LogP contribution is -2.57. The van der Waals surface area contributed by atoms with Crippen LogP contribution in [0.4, 0.5) is 23.4 Å². The zero-order chi connectivity index (χ0) is 28.6. The minimum Gasteiger partial charge on any atom is -0.343 e. The number of amides is 2. The van der Waals surface area contributed by atoms with Gasteiger partial charge in [-0.1, -0.05) is 55.5 Å². The molecular formula is C27H29F4N7O2. The molecular weight excluding hydrogens is 530 g/mol. The number of anilines is 1. The molecule has 40 heavy (non-hydrogen) atoms. The number of halogens is 4. The molecule has 4 heterocycles. The quantitative estimate of drug-likeness (QED) is 0.336. The minimum absolute atomic E-state index is 0.0889. The summed E-state index contributed by atoms with van der Waals surface area (Å²) in [5.74, 6) is -4.57. The van der Waals surface area contributed by atoms with Crippen LogP contribution in [-0.4, -0.2) is 74.5 Å². The molecule has 2 aliphatic rings. The van der Waals surface area contributed by atoms with Gasteiger partial charge in [-0.15, -0.1) is 5.10 Å². The SMILES string of the molecule is CC(C)c1ccc([C@@H](NC(=O)[C@@H]2C[C@@H](F)CN2C(=O)Cn2nncc2N2CC(F)(F)C2)c2ccccc2)nc1F. The zero-order valence-corrected chi connectivity index (χ0v) is 22.0. The molecule has 13 heteroatoms. The van der Waals surface area contributed by atoms with E-state index in [1.165, 1.54) is 11.1 Å². The van der Waals surface area contributed by atoms with E-state index >= 15 is 0 Å². The van der Waals surface area contributed by atoms with E-state index in [2.05, 4.69) is 20.6 Å². The molecule has 2 amide bonds. The third kappa shape index (κ3) is 5.63. The summed E-state index contributed by atoms with van der Waals surface area (Å²) >= 11 is 0. The van der Waals surface area contributed by atoms with E-state index in [1.54, 1.807) is 42.5 Å². The molecule has 5 rings (SSSR count). The van der Waals surface area contributed by atoms with E-state index in [-0.39, 0.29) is 30.4 Å². The van der Waals surface area contributed by atoms with Gasteiger partial charge < -0.3 is 15.1 Å². The Labute approximate surface area is 228 Å². The number of alkyl halides is 3. The lowest BCUT2D eigenvalue weighted by Gasteiger charge is -2.39. The summed E-state index contributed by atoms with van der Waals surface area (Å²) in [5, 5.41) is 10.4. The average Bonchev–Trinajstić information content (AvgIpc) is 3.52. The molecule has 9 nitrogen and oxygen atoms in total. The summed E-state index contributed by atoms with van der Waals surface area (Å²) in [6, 6.07) is 10.1. The third-order valence-corrected chi connectivity index (χ3v) is 7.16. The highest BCUT2D eigenvalue weighted by Gasteiger charge is 2.46. The van der Waals surface area contributed by atoms with Crippen molar-refractivity contribution in [2.24, 2.45) is 0 Å². The van der Waals surface area contributed by atoms with Crippen LogP contribution in [0.2, 0.25) is 0 Å². The number of nitrogens with one attached hydrogen (secondary N) is 1. The molecule has 212 valence electrons. The number of aromatic nitrogens is 4. The first kappa shape index (κ1) is 27.5. The molecule has 2 aliphatic heterocycles. The van der Waals surface area contributed by atoms with Crippen molar-refractivity contribution in [3.8, 4) is 0 Å². The molecule has 0 aliphatic carbocycles. The average molecular weight is 560 g/mol. The largest absolute Gasteiger partial charge is 0.343 e. The number of carbonyl (C=O) groups is 2. The van der Waals surface area contributed by atoms with Crippen LogP contribution in [0.5, 0.6) is 0 Å². The number of nitrogens with zero attached hydrogens (tertiary/aromatic N) is 6. The summed E-state index contributed by atoms with van der Waals surface area (Å²) in [7, 11) is 0. The predicted molar refractivity (Wildman–Crippen MR) is 137 cm³/mol. The van der Waals surface area contributed by atoms with E-state index in [0.717, 1.165) is 9.58 Å². The Balaban J connectivity index is 1.35. The lowest BCUT2D eigenvalue weighted by atomic mass is 9.99. The smallest absolute Gasteiger partial charge is 0.282 e. The summed E-state index contributed by atoms with van der Waals surface area (Å²) < 4.78 is 57.2. The van der Waals surface area contributed by atoms with E-state index < -0.39 is 61.6 Å². The van der Waals surface area contributed by atoms with Gasteiger partial charge in [-0.3, -0.25) is 9.59 Å². The second-order valence-corrected chi connectivity index (χ2v) is 10.5. The number of carbonyl (C=O) groups excluding carboxylic acids is 2. The van der Waals surface area contributed by atoms with Crippen molar-refractivity contribution >= 4 is 17.6 Å². The maximum absolute atomic E-state index is 14.8. The number of benzene rings is 1. The van der Waals surface area contributed by atoms with E-state index in [4.69, 9.17) is 0 Å². The molecule has 2 saturated heterocycles. The lowest BCUT2D eigenvalue weighted by molar-refractivity contribution is -0.139. The second-order valence-electron chi connectivity index (χ2n) is 10.5. The van der Waals surface area contributed by atoms with Gasteiger partial charge in [0, 0.05) is 12.0 Å². The maximum Gasteiger partial charge on any atom is 0.282 e. The van der Waals surface area contributed by atoms with Gasteiger partial charge in [0.15, 0.2) is 0 Å².